The molecule has 21 heavy (non-hydrogen) atoms. The number of aromatic nitrogens is 2. The van der Waals surface area contributed by atoms with Crippen molar-refractivity contribution in [2.24, 2.45) is 18.2 Å². The lowest BCUT2D eigenvalue weighted by molar-refractivity contribution is 0.237. The van der Waals surface area contributed by atoms with Crippen LogP contribution in [0.3, 0.4) is 0 Å². The molecule has 1 unspecified atom stereocenters. The summed E-state index contributed by atoms with van der Waals surface area (Å²) in [7, 11) is 2.07. The normalized spacial score (nSPS) is 19.8. The molecule has 4 nitrogen and oxygen atoms in total. The number of anilines is 1. The van der Waals surface area contributed by atoms with E-state index in [-0.39, 0.29) is 6.04 Å². The quantitative estimate of drug-likeness (QED) is 0.907. The number of hydrogen-bond donors (Lipinski definition) is 1. The maximum atomic E-state index is 6.19. The van der Waals surface area contributed by atoms with Crippen LogP contribution in [-0.2, 0) is 13.5 Å². The monoisotopic (exact) mass is 292 g/mol. The van der Waals surface area contributed by atoms with Crippen molar-refractivity contribution >= 4 is 5.82 Å². The molecule has 120 valence electrons. The van der Waals surface area contributed by atoms with Crippen molar-refractivity contribution in [1.29, 1.82) is 0 Å². The standard InChI is InChI=1S/C17H32N4/c1-6-14(18)12-15-13(3)19-20(5)16(15)21-10-8-17(4,7-2)9-11-21/h14H,6-12,18H2,1-5H3. The van der Waals surface area contributed by atoms with Gasteiger partial charge in [0.2, 0.25) is 0 Å². The molecule has 1 fully saturated rings. The first kappa shape index (κ1) is 16.3. The van der Waals surface area contributed by atoms with Crippen LogP contribution in [0.4, 0.5) is 5.82 Å². The predicted molar refractivity (Wildman–Crippen MR) is 89.8 cm³/mol. The lowest BCUT2D eigenvalue weighted by Crippen LogP contribution is -2.40. The second-order valence-electron chi connectivity index (χ2n) is 7.03. The SMILES string of the molecule is CCC(N)Cc1c(C)nn(C)c1N1CCC(C)(CC)CC1. The summed E-state index contributed by atoms with van der Waals surface area (Å²) in [5.74, 6) is 1.30. The predicted octanol–water partition coefficient (Wildman–Crippen LogP) is 3.02. The molecule has 0 bridgehead atoms. The van der Waals surface area contributed by atoms with Crippen molar-refractivity contribution in [2.45, 2.75) is 65.8 Å². The number of nitrogens with two attached hydrogens (primary N) is 1. The molecule has 0 saturated carbocycles. The van der Waals surface area contributed by atoms with E-state index < -0.39 is 0 Å². The molecule has 0 amide bonds. The van der Waals surface area contributed by atoms with Gasteiger partial charge in [-0.2, -0.15) is 5.10 Å². The van der Waals surface area contributed by atoms with Gasteiger partial charge in [0.25, 0.3) is 0 Å². The van der Waals surface area contributed by atoms with E-state index in [0.29, 0.717) is 5.41 Å². The number of hydrogen-bond acceptors (Lipinski definition) is 3. The number of rotatable bonds is 5. The Bertz CT molecular complexity index is 469. The first-order valence-electron chi connectivity index (χ1n) is 8.43. The minimum absolute atomic E-state index is 0.234. The van der Waals surface area contributed by atoms with Gasteiger partial charge in [0.15, 0.2) is 0 Å². The Morgan fingerprint density at radius 2 is 1.90 bits per heavy atom. The van der Waals surface area contributed by atoms with E-state index in [1.165, 1.54) is 30.6 Å². The van der Waals surface area contributed by atoms with Crippen molar-refractivity contribution in [2.75, 3.05) is 18.0 Å². The molecule has 0 radical (unpaired) electrons. The number of nitrogens with zero attached hydrogens (tertiary/aromatic N) is 3. The number of piperidine rings is 1. The molecule has 0 aromatic carbocycles. The molecule has 1 atom stereocenters. The molecule has 2 N–H and O–H groups in total. The zero-order chi connectivity index (χ0) is 15.6. The number of aryl methyl sites for hydroxylation is 2. The zero-order valence-electron chi connectivity index (χ0n) is 14.4. The Labute approximate surface area is 129 Å². The van der Waals surface area contributed by atoms with E-state index >= 15 is 0 Å². The van der Waals surface area contributed by atoms with Gasteiger partial charge >= 0.3 is 0 Å². The van der Waals surface area contributed by atoms with Crippen LogP contribution >= 0.6 is 0 Å². The van der Waals surface area contributed by atoms with Crippen molar-refractivity contribution in [3.8, 4) is 0 Å². The van der Waals surface area contributed by atoms with Gasteiger partial charge < -0.3 is 10.6 Å². The van der Waals surface area contributed by atoms with Crippen LogP contribution in [-0.4, -0.2) is 28.9 Å². The third kappa shape index (κ3) is 3.42. The Balaban J connectivity index is 2.20. The van der Waals surface area contributed by atoms with Crippen LogP contribution in [0.15, 0.2) is 0 Å². The molecule has 0 spiro atoms. The molecule has 1 aromatic heterocycles. The lowest BCUT2D eigenvalue weighted by atomic mass is 9.78. The molecular formula is C17H32N4. The van der Waals surface area contributed by atoms with Crippen molar-refractivity contribution in [3.05, 3.63) is 11.3 Å². The summed E-state index contributed by atoms with van der Waals surface area (Å²) in [5.41, 5.74) is 9.20. The highest BCUT2D eigenvalue weighted by atomic mass is 15.4. The third-order valence-corrected chi connectivity index (χ3v) is 5.43. The van der Waals surface area contributed by atoms with Gasteiger partial charge in [0.05, 0.1) is 5.69 Å². The van der Waals surface area contributed by atoms with Gasteiger partial charge in [-0.1, -0.05) is 27.2 Å². The van der Waals surface area contributed by atoms with Gasteiger partial charge in [-0.05, 0) is 38.0 Å². The fourth-order valence-corrected chi connectivity index (χ4v) is 3.34. The first-order valence-corrected chi connectivity index (χ1v) is 8.43. The van der Waals surface area contributed by atoms with Crippen molar-refractivity contribution in [1.82, 2.24) is 9.78 Å². The largest absolute Gasteiger partial charge is 0.357 e. The molecular weight excluding hydrogens is 260 g/mol. The summed E-state index contributed by atoms with van der Waals surface area (Å²) < 4.78 is 2.06. The molecule has 1 aliphatic rings. The van der Waals surface area contributed by atoms with E-state index in [2.05, 4.69) is 49.4 Å². The summed E-state index contributed by atoms with van der Waals surface area (Å²) in [6, 6.07) is 0.234. The van der Waals surface area contributed by atoms with E-state index in [4.69, 9.17) is 5.73 Å². The molecule has 2 rings (SSSR count). The van der Waals surface area contributed by atoms with E-state index in [1.807, 2.05) is 0 Å². The molecule has 1 aromatic rings. The van der Waals surface area contributed by atoms with Crippen LogP contribution in [0.5, 0.6) is 0 Å². The second-order valence-corrected chi connectivity index (χ2v) is 7.03. The van der Waals surface area contributed by atoms with Gasteiger partial charge in [-0.25, -0.2) is 0 Å². The average molecular weight is 292 g/mol. The maximum absolute atomic E-state index is 6.19. The van der Waals surface area contributed by atoms with Gasteiger partial charge in [-0.3, -0.25) is 4.68 Å². The molecule has 0 aliphatic carbocycles. The molecule has 2 heterocycles. The molecule has 4 heteroatoms. The Hall–Kier alpha value is -1.03. The maximum Gasteiger partial charge on any atom is 0.130 e. The smallest absolute Gasteiger partial charge is 0.130 e. The molecule has 1 aliphatic heterocycles. The lowest BCUT2D eigenvalue weighted by Gasteiger charge is -2.40. The van der Waals surface area contributed by atoms with Crippen LogP contribution < -0.4 is 10.6 Å². The first-order chi connectivity index (χ1) is 9.90. The highest BCUT2D eigenvalue weighted by molar-refractivity contribution is 5.51. The van der Waals surface area contributed by atoms with Gasteiger partial charge in [0, 0.05) is 31.7 Å². The minimum atomic E-state index is 0.234. The van der Waals surface area contributed by atoms with Gasteiger partial charge in [-0.15, -0.1) is 0 Å². The minimum Gasteiger partial charge on any atom is -0.357 e. The van der Waals surface area contributed by atoms with Crippen LogP contribution in [0.1, 0.15) is 57.7 Å². The van der Waals surface area contributed by atoms with Crippen molar-refractivity contribution < 1.29 is 0 Å². The summed E-state index contributed by atoms with van der Waals surface area (Å²) in [6.45, 7) is 11.3. The Morgan fingerprint density at radius 3 is 2.43 bits per heavy atom. The van der Waals surface area contributed by atoms with E-state index in [1.54, 1.807) is 0 Å². The summed E-state index contributed by atoms with van der Waals surface area (Å²) in [5, 5.41) is 4.65. The van der Waals surface area contributed by atoms with Crippen LogP contribution in [0, 0.1) is 12.3 Å². The Kier molecular flexibility index (Phi) is 4.97. The molecule has 1 saturated heterocycles. The van der Waals surface area contributed by atoms with Crippen LogP contribution in [0.2, 0.25) is 0 Å². The van der Waals surface area contributed by atoms with Gasteiger partial charge in [0.1, 0.15) is 5.82 Å². The summed E-state index contributed by atoms with van der Waals surface area (Å²) in [4.78, 5) is 2.52. The highest BCUT2D eigenvalue weighted by Crippen LogP contribution is 2.37. The van der Waals surface area contributed by atoms with Crippen molar-refractivity contribution in [3.63, 3.8) is 0 Å². The average Bonchev–Trinajstić information content (AvgIpc) is 2.74. The third-order valence-electron chi connectivity index (χ3n) is 5.43. The Morgan fingerprint density at radius 1 is 1.29 bits per heavy atom. The summed E-state index contributed by atoms with van der Waals surface area (Å²) >= 11 is 0. The van der Waals surface area contributed by atoms with Crippen LogP contribution in [0.25, 0.3) is 0 Å². The summed E-state index contributed by atoms with van der Waals surface area (Å²) in [6.07, 6.45) is 5.77. The highest BCUT2D eigenvalue weighted by Gasteiger charge is 2.31. The fourth-order valence-electron chi connectivity index (χ4n) is 3.34. The zero-order valence-corrected chi connectivity index (χ0v) is 14.4. The van der Waals surface area contributed by atoms with E-state index in [0.717, 1.165) is 31.6 Å². The topological polar surface area (TPSA) is 47.1 Å². The second kappa shape index (κ2) is 6.39. The van der Waals surface area contributed by atoms with E-state index in [9.17, 15) is 0 Å². The fraction of sp³-hybridized carbons (Fsp3) is 0.824.